The van der Waals surface area contributed by atoms with Crippen molar-refractivity contribution in [3.63, 3.8) is 0 Å². The lowest BCUT2D eigenvalue weighted by atomic mass is 10.1. The fourth-order valence-electron chi connectivity index (χ4n) is 2.09. The van der Waals surface area contributed by atoms with Gasteiger partial charge in [-0.15, -0.1) is 6.42 Å². The Labute approximate surface area is 165 Å². The van der Waals surface area contributed by atoms with Crippen molar-refractivity contribution >= 4 is 45.2 Å². The lowest BCUT2D eigenvalue weighted by Gasteiger charge is -2.09. The number of ether oxygens (including phenoxy) is 1. The van der Waals surface area contributed by atoms with Gasteiger partial charge in [0.25, 0.3) is 5.91 Å². The van der Waals surface area contributed by atoms with E-state index in [1.165, 1.54) is 6.08 Å². The molecule has 0 atom stereocenters. The minimum Gasteiger partial charge on any atom is -0.480 e. The normalized spacial score (nSPS) is 10.6. The van der Waals surface area contributed by atoms with Crippen molar-refractivity contribution in [2.45, 2.75) is 6.92 Å². The van der Waals surface area contributed by atoms with E-state index in [9.17, 15) is 10.1 Å². The number of anilines is 1. The molecule has 2 rings (SSSR count). The molecule has 0 bridgehead atoms. The molecule has 0 heterocycles. The summed E-state index contributed by atoms with van der Waals surface area (Å²) < 4.78 is 6.03. The molecule has 0 radical (unpaired) electrons. The molecule has 0 aliphatic rings. The van der Waals surface area contributed by atoms with E-state index in [1.807, 2.05) is 6.07 Å². The van der Waals surface area contributed by atoms with Crippen molar-refractivity contribution in [2.75, 3.05) is 11.9 Å². The molecule has 6 heteroatoms. The number of rotatable bonds is 5. The zero-order chi connectivity index (χ0) is 19.1. The van der Waals surface area contributed by atoms with Crippen molar-refractivity contribution < 1.29 is 9.53 Å². The maximum Gasteiger partial charge on any atom is 0.266 e. The summed E-state index contributed by atoms with van der Waals surface area (Å²) in [5.41, 5.74) is 1.92. The van der Waals surface area contributed by atoms with E-state index in [0.29, 0.717) is 26.5 Å². The van der Waals surface area contributed by atoms with Crippen molar-refractivity contribution in [3.8, 4) is 24.2 Å². The number of nitriles is 1. The van der Waals surface area contributed by atoms with Crippen LogP contribution in [-0.2, 0) is 4.79 Å². The molecular formula is C20H14BrClN2O2. The van der Waals surface area contributed by atoms with Gasteiger partial charge in [0.15, 0.2) is 0 Å². The number of halogens is 2. The van der Waals surface area contributed by atoms with Gasteiger partial charge in [-0.05, 0) is 64.3 Å². The van der Waals surface area contributed by atoms with Crippen LogP contribution in [-0.4, -0.2) is 12.5 Å². The van der Waals surface area contributed by atoms with Crippen LogP contribution in [0.5, 0.6) is 5.75 Å². The van der Waals surface area contributed by atoms with Crippen molar-refractivity contribution in [1.29, 1.82) is 5.26 Å². The first-order valence-electron chi connectivity index (χ1n) is 7.50. The second kappa shape index (κ2) is 9.10. The van der Waals surface area contributed by atoms with Crippen molar-refractivity contribution in [3.05, 3.63) is 62.6 Å². The molecule has 0 saturated carbocycles. The number of nitrogens with zero attached hydrogens (tertiary/aromatic N) is 1. The van der Waals surface area contributed by atoms with Gasteiger partial charge in [0.2, 0.25) is 0 Å². The molecule has 0 fully saturated rings. The Balaban J connectivity index is 2.23. The molecule has 0 unspecified atom stereocenters. The second-order valence-corrected chi connectivity index (χ2v) is 6.48. The second-order valence-electron chi connectivity index (χ2n) is 5.22. The average molecular weight is 430 g/mol. The third-order valence-electron chi connectivity index (χ3n) is 3.46. The van der Waals surface area contributed by atoms with E-state index in [0.717, 1.165) is 5.56 Å². The Morgan fingerprint density at radius 3 is 2.85 bits per heavy atom. The number of hydrogen-bond donors (Lipinski definition) is 1. The first kappa shape index (κ1) is 19.6. The third-order valence-corrected chi connectivity index (χ3v) is 4.49. The van der Waals surface area contributed by atoms with Crippen LogP contribution < -0.4 is 10.1 Å². The zero-order valence-electron chi connectivity index (χ0n) is 13.8. The van der Waals surface area contributed by atoms with Crippen LogP contribution in [0.1, 0.15) is 11.1 Å². The van der Waals surface area contributed by atoms with Gasteiger partial charge in [-0.3, -0.25) is 4.79 Å². The third kappa shape index (κ3) is 4.89. The number of carbonyl (C=O) groups excluding carboxylic acids is 1. The Kier molecular flexibility index (Phi) is 6.86. The molecule has 0 aliphatic carbocycles. The molecule has 130 valence electrons. The summed E-state index contributed by atoms with van der Waals surface area (Å²) in [6, 6.07) is 12.3. The fourth-order valence-corrected chi connectivity index (χ4v) is 2.78. The number of benzene rings is 2. The van der Waals surface area contributed by atoms with Gasteiger partial charge in [-0.1, -0.05) is 29.7 Å². The molecule has 4 nitrogen and oxygen atoms in total. The Morgan fingerprint density at radius 2 is 2.19 bits per heavy atom. The first-order valence-corrected chi connectivity index (χ1v) is 8.67. The lowest BCUT2D eigenvalue weighted by Crippen LogP contribution is -2.14. The Bertz CT molecular complexity index is 955. The number of hydrogen-bond acceptors (Lipinski definition) is 3. The van der Waals surface area contributed by atoms with Crippen LogP contribution in [0.2, 0.25) is 5.02 Å². The van der Waals surface area contributed by atoms with E-state index in [2.05, 4.69) is 27.2 Å². The average Bonchev–Trinajstić information content (AvgIpc) is 2.62. The highest BCUT2D eigenvalue weighted by atomic mass is 79.9. The topological polar surface area (TPSA) is 62.1 Å². The standard InChI is InChI=1S/C20H14BrClN2O2/c1-3-9-26-19-8-7-14(11-16(19)21)10-15(12-23)20(25)24-18-6-4-5-17(22)13(18)2/h1,4-8,10-11H,9H2,2H3,(H,24,25)/b15-10-. The maximum absolute atomic E-state index is 12.4. The van der Waals surface area contributed by atoms with Gasteiger partial charge in [0.1, 0.15) is 24.0 Å². The molecule has 2 aromatic carbocycles. The molecule has 26 heavy (non-hydrogen) atoms. The summed E-state index contributed by atoms with van der Waals surface area (Å²) in [6.45, 7) is 1.94. The van der Waals surface area contributed by atoms with Gasteiger partial charge < -0.3 is 10.1 Å². The number of carbonyl (C=O) groups is 1. The minimum absolute atomic E-state index is 0.0337. The van der Waals surface area contributed by atoms with Crippen LogP contribution in [0.4, 0.5) is 5.69 Å². The highest BCUT2D eigenvalue weighted by molar-refractivity contribution is 9.10. The summed E-state index contributed by atoms with van der Waals surface area (Å²) in [7, 11) is 0. The SMILES string of the molecule is C#CCOc1ccc(/C=C(/C#N)C(=O)Nc2cccc(Cl)c2C)cc1Br. The van der Waals surface area contributed by atoms with Gasteiger partial charge in [-0.25, -0.2) is 0 Å². The molecule has 0 aliphatic heterocycles. The van der Waals surface area contributed by atoms with E-state index < -0.39 is 5.91 Å². The van der Waals surface area contributed by atoms with E-state index >= 15 is 0 Å². The summed E-state index contributed by atoms with van der Waals surface area (Å²) in [6.07, 6.45) is 6.66. The van der Waals surface area contributed by atoms with Crippen LogP contribution in [0, 0.1) is 30.6 Å². The fraction of sp³-hybridized carbons (Fsp3) is 0.100. The van der Waals surface area contributed by atoms with Gasteiger partial charge >= 0.3 is 0 Å². The molecular weight excluding hydrogens is 416 g/mol. The molecule has 0 aromatic heterocycles. The quantitative estimate of drug-likeness (QED) is 0.415. The molecule has 1 N–H and O–H groups in total. The van der Waals surface area contributed by atoms with Crippen molar-refractivity contribution in [2.24, 2.45) is 0 Å². The van der Waals surface area contributed by atoms with E-state index in [4.69, 9.17) is 22.8 Å². The highest BCUT2D eigenvalue weighted by Crippen LogP contribution is 2.27. The maximum atomic E-state index is 12.4. The predicted octanol–water partition coefficient (Wildman–Crippen LogP) is 4.97. The highest BCUT2D eigenvalue weighted by Gasteiger charge is 2.12. The Hall–Kier alpha value is -2.73. The molecule has 1 amide bonds. The van der Waals surface area contributed by atoms with Crippen LogP contribution in [0.3, 0.4) is 0 Å². The van der Waals surface area contributed by atoms with E-state index in [1.54, 1.807) is 43.3 Å². The largest absolute Gasteiger partial charge is 0.480 e. The lowest BCUT2D eigenvalue weighted by molar-refractivity contribution is -0.112. The van der Waals surface area contributed by atoms with Crippen LogP contribution in [0.25, 0.3) is 6.08 Å². The zero-order valence-corrected chi connectivity index (χ0v) is 16.2. The van der Waals surface area contributed by atoms with Gasteiger partial charge in [-0.2, -0.15) is 5.26 Å². The summed E-state index contributed by atoms with van der Waals surface area (Å²) in [5, 5.41) is 12.6. The molecule has 0 spiro atoms. The monoisotopic (exact) mass is 428 g/mol. The van der Waals surface area contributed by atoms with E-state index in [-0.39, 0.29) is 12.2 Å². The van der Waals surface area contributed by atoms with Crippen molar-refractivity contribution in [1.82, 2.24) is 0 Å². The predicted molar refractivity (Wildman–Crippen MR) is 107 cm³/mol. The number of amides is 1. The summed E-state index contributed by atoms with van der Waals surface area (Å²) in [4.78, 5) is 12.4. The smallest absolute Gasteiger partial charge is 0.266 e. The summed E-state index contributed by atoms with van der Waals surface area (Å²) in [5.74, 6) is 2.45. The van der Waals surface area contributed by atoms with Gasteiger partial charge in [0.05, 0.1) is 4.47 Å². The van der Waals surface area contributed by atoms with Gasteiger partial charge in [0, 0.05) is 10.7 Å². The first-order chi connectivity index (χ1) is 12.5. The molecule has 2 aromatic rings. The van der Waals surface area contributed by atoms with Crippen LogP contribution in [0.15, 0.2) is 46.4 Å². The van der Waals surface area contributed by atoms with Crippen LogP contribution >= 0.6 is 27.5 Å². The number of nitrogens with one attached hydrogen (secondary N) is 1. The number of terminal acetylenes is 1. The Morgan fingerprint density at radius 1 is 1.42 bits per heavy atom. The molecule has 0 saturated heterocycles. The summed E-state index contributed by atoms with van der Waals surface area (Å²) >= 11 is 9.43. The minimum atomic E-state index is -0.512.